The number of aromatic nitrogens is 1. The van der Waals surface area contributed by atoms with E-state index in [1.54, 1.807) is 12.4 Å². The number of benzene rings is 1. The van der Waals surface area contributed by atoms with Gasteiger partial charge in [-0.15, -0.1) is 0 Å². The van der Waals surface area contributed by atoms with E-state index >= 15 is 0 Å². The molecule has 1 atom stereocenters. The zero-order valence-corrected chi connectivity index (χ0v) is 13.6. The Bertz CT molecular complexity index is 623. The molecule has 1 aliphatic rings. The molecule has 5 nitrogen and oxygen atoms in total. The second kappa shape index (κ2) is 9.15. The summed E-state index contributed by atoms with van der Waals surface area (Å²) in [4.78, 5) is 9.64. The van der Waals surface area contributed by atoms with Crippen molar-refractivity contribution in [1.82, 2.24) is 4.98 Å². The van der Waals surface area contributed by atoms with Gasteiger partial charge in [-0.2, -0.15) is 0 Å². The summed E-state index contributed by atoms with van der Waals surface area (Å²) in [6.45, 7) is 1.68. The van der Waals surface area contributed by atoms with Crippen LogP contribution in [0.1, 0.15) is 24.8 Å². The molecular weight excluding hydrogens is 304 g/mol. The van der Waals surface area contributed by atoms with E-state index in [1.807, 2.05) is 42.5 Å². The van der Waals surface area contributed by atoms with Crippen molar-refractivity contribution in [3.8, 4) is 11.3 Å². The van der Waals surface area contributed by atoms with Crippen LogP contribution >= 0.6 is 0 Å². The fourth-order valence-corrected chi connectivity index (χ4v) is 2.47. The lowest BCUT2D eigenvalue weighted by molar-refractivity contribution is -0.168. The highest BCUT2D eigenvalue weighted by Crippen LogP contribution is 2.15. The lowest BCUT2D eigenvalue weighted by atomic mass is 10.1. The second-order valence-corrected chi connectivity index (χ2v) is 5.58. The zero-order valence-electron chi connectivity index (χ0n) is 13.6. The van der Waals surface area contributed by atoms with Gasteiger partial charge >= 0.3 is 0 Å². The highest BCUT2D eigenvalue weighted by molar-refractivity contribution is 5.79. The third-order valence-electron chi connectivity index (χ3n) is 3.75. The van der Waals surface area contributed by atoms with Crippen LogP contribution in [-0.4, -0.2) is 37.3 Å². The van der Waals surface area contributed by atoms with Gasteiger partial charge < -0.3 is 14.3 Å². The van der Waals surface area contributed by atoms with Crippen molar-refractivity contribution in [3.05, 3.63) is 54.2 Å². The molecule has 1 aliphatic heterocycles. The van der Waals surface area contributed by atoms with Crippen molar-refractivity contribution in [2.45, 2.75) is 25.6 Å². The van der Waals surface area contributed by atoms with Gasteiger partial charge in [0.15, 0.2) is 6.29 Å². The van der Waals surface area contributed by atoms with Gasteiger partial charge in [0.1, 0.15) is 6.61 Å². The molecule has 0 saturated carbocycles. The first-order valence-corrected chi connectivity index (χ1v) is 8.32. The minimum Gasteiger partial charge on any atom is -0.393 e. The lowest BCUT2D eigenvalue weighted by Gasteiger charge is -2.22. The molecule has 2 aromatic rings. The highest BCUT2D eigenvalue weighted by Gasteiger charge is 2.13. The molecule has 1 aromatic carbocycles. The van der Waals surface area contributed by atoms with E-state index in [1.165, 1.54) is 0 Å². The predicted octanol–water partition coefficient (Wildman–Crippen LogP) is 3.64. The van der Waals surface area contributed by atoms with Crippen molar-refractivity contribution >= 4 is 6.21 Å². The average molecular weight is 326 g/mol. The Kier molecular flexibility index (Phi) is 6.33. The summed E-state index contributed by atoms with van der Waals surface area (Å²) in [6, 6.07) is 14.0. The lowest BCUT2D eigenvalue weighted by Crippen LogP contribution is -2.23. The fourth-order valence-electron chi connectivity index (χ4n) is 2.47. The summed E-state index contributed by atoms with van der Waals surface area (Å²) in [7, 11) is 0. The smallest absolute Gasteiger partial charge is 0.157 e. The standard InChI is InChI=1S/C19H22N2O3/c1-2-6-17(7-3-1)18-10-9-16(14-20-18)15-21-24-13-12-23-19-8-4-5-11-22-19/h1-3,6-7,9-10,14-15,19H,4-5,8,11-13H2. The van der Waals surface area contributed by atoms with Crippen LogP contribution in [0, 0.1) is 0 Å². The Morgan fingerprint density at radius 1 is 1.12 bits per heavy atom. The maximum absolute atomic E-state index is 5.57. The molecule has 1 saturated heterocycles. The molecule has 0 radical (unpaired) electrons. The summed E-state index contributed by atoms with van der Waals surface area (Å²) < 4.78 is 11.0. The SMILES string of the molecule is C(=NOCCOC1CCCCO1)c1ccc(-c2ccccc2)nc1. The molecule has 1 unspecified atom stereocenters. The second-order valence-electron chi connectivity index (χ2n) is 5.58. The van der Waals surface area contributed by atoms with Crippen LogP contribution in [-0.2, 0) is 14.3 Å². The molecule has 126 valence electrons. The molecule has 0 N–H and O–H groups in total. The van der Waals surface area contributed by atoms with Gasteiger partial charge in [0.05, 0.1) is 18.5 Å². The van der Waals surface area contributed by atoms with Crippen LogP contribution < -0.4 is 0 Å². The molecule has 0 amide bonds. The minimum absolute atomic E-state index is 0.0824. The monoisotopic (exact) mass is 326 g/mol. The Morgan fingerprint density at radius 2 is 2.04 bits per heavy atom. The van der Waals surface area contributed by atoms with E-state index < -0.39 is 0 Å². The molecule has 0 bridgehead atoms. The van der Waals surface area contributed by atoms with E-state index in [-0.39, 0.29) is 6.29 Å². The number of ether oxygens (including phenoxy) is 2. The molecule has 1 aromatic heterocycles. The van der Waals surface area contributed by atoms with Crippen molar-refractivity contribution in [3.63, 3.8) is 0 Å². The fraction of sp³-hybridized carbons (Fsp3) is 0.368. The average Bonchev–Trinajstić information content (AvgIpc) is 2.67. The number of oxime groups is 1. The number of nitrogens with zero attached hydrogens (tertiary/aromatic N) is 2. The Hall–Kier alpha value is -2.24. The molecule has 1 fully saturated rings. The van der Waals surface area contributed by atoms with Crippen LogP contribution in [0.2, 0.25) is 0 Å². The van der Waals surface area contributed by atoms with Crippen LogP contribution in [0.5, 0.6) is 0 Å². The van der Waals surface area contributed by atoms with Crippen LogP contribution in [0.25, 0.3) is 11.3 Å². The number of pyridine rings is 1. The number of rotatable bonds is 7. The third-order valence-corrected chi connectivity index (χ3v) is 3.75. The third kappa shape index (κ3) is 5.15. The number of hydrogen-bond acceptors (Lipinski definition) is 5. The van der Waals surface area contributed by atoms with Crippen molar-refractivity contribution in [2.75, 3.05) is 19.8 Å². The van der Waals surface area contributed by atoms with Gasteiger partial charge in [0.25, 0.3) is 0 Å². The van der Waals surface area contributed by atoms with E-state index in [0.29, 0.717) is 13.2 Å². The molecule has 2 heterocycles. The highest BCUT2D eigenvalue weighted by atomic mass is 16.7. The van der Waals surface area contributed by atoms with Crippen LogP contribution in [0.3, 0.4) is 0 Å². The molecule has 0 aliphatic carbocycles. The summed E-state index contributed by atoms with van der Waals surface area (Å²) >= 11 is 0. The maximum Gasteiger partial charge on any atom is 0.157 e. The molecular formula is C19H22N2O3. The summed E-state index contributed by atoms with van der Waals surface area (Å²) in [5.74, 6) is 0. The van der Waals surface area contributed by atoms with Gasteiger partial charge in [0.2, 0.25) is 0 Å². The van der Waals surface area contributed by atoms with E-state index in [4.69, 9.17) is 14.3 Å². The van der Waals surface area contributed by atoms with Crippen molar-refractivity contribution < 1.29 is 14.3 Å². The first kappa shape index (κ1) is 16.6. The van der Waals surface area contributed by atoms with Crippen LogP contribution in [0.4, 0.5) is 0 Å². The first-order chi connectivity index (χ1) is 11.9. The Balaban J connectivity index is 1.38. The van der Waals surface area contributed by atoms with Gasteiger partial charge in [-0.1, -0.05) is 35.5 Å². The number of hydrogen-bond donors (Lipinski definition) is 0. The summed E-state index contributed by atoms with van der Waals surface area (Å²) in [5.41, 5.74) is 2.93. The van der Waals surface area contributed by atoms with Crippen molar-refractivity contribution in [1.29, 1.82) is 0 Å². The molecule has 5 heteroatoms. The maximum atomic E-state index is 5.57. The normalized spacial score (nSPS) is 17.9. The molecule has 0 spiro atoms. The van der Waals surface area contributed by atoms with E-state index in [0.717, 1.165) is 42.7 Å². The summed E-state index contributed by atoms with van der Waals surface area (Å²) in [6.07, 6.45) is 6.59. The first-order valence-electron chi connectivity index (χ1n) is 8.32. The topological polar surface area (TPSA) is 52.9 Å². The Labute approximate surface area is 142 Å². The largest absolute Gasteiger partial charge is 0.393 e. The minimum atomic E-state index is -0.0824. The Morgan fingerprint density at radius 3 is 2.79 bits per heavy atom. The van der Waals surface area contributed by atoms with Gasteiger partial charge in [-0.05, 0) is 31.4 Å². The molecule has 24 heavy (non-hydrogen) atoms. The summed E-state index contributed by atoms with van der Waals surface area (Å²) in [5, 5.41) is 3.94. The van der Waals surface area contributed by atoms with Gasteiger partial charge in [-0.25, -0.2) is 0 Å². The van der Waals surface area contributed by atoms with Crippen molar-refractivity contribution in [2.24, 2.45) is 5.16 Å². The zero-order chi connectivity index (χ0) is 16.5. The van der Waals surface area contributed by atoms with Gasteiger partial charge in [0, 0.05) is 23.9 Å². The van der Waals surface area contributed by atoms with E-state index in [9.17, 15) is 0 Å². The van der Waals surface area contributed by atoms with Gasteiger partial charge in [-0.3, -0.25) is 4.98 Å². The quantitative estimate of drug-likeness (QED) is 0.443. The van der Waals surface area contributed by atoms with E-state index in [2.05, 4.69) is 10.1 Å². The van der Waals surface area contributed by atoms with Crippen LogP contribution in [0.15, 0.2) is 53.8 Å². The molecule has 3 rings (SSSR count). The predicted molar refractivity (Wildman–Crippen MR) is 92.8 cm³/mol.